The fraction of sp³-hybridized carbons (Fsp3) is 0.385. The van der Waals surface area contributed by atoms with Gasteiger partial charge in [0, 0.05) is 23.6 Å². The van der Waals surface area contributed by atoms with Crippen molar-refractivity contribution >= 4 is 10.9 Å². The lowest BCUT2D eigenvalue weighted by Crippen LogP contribution is -2.04. The average molecular weight is 243 g/mol. The van der Waals surface area contributed by atoms with E-state index >= 15 is 0 Å². The van der Waals surface area contributed by atoms with Gasteiger partial charge in [0.15, 0.2) is 0 Å². The van der Waals surface area contributed by atoms with E-state index in [1.54, 1.807) is 12.3 Å². The Bertz CT molecular complexity index is 483. The van der Waals surface area contributed by atoms with E-state index in [4.69, 9.17) is 0 Å². The van der Waals surface area contributed by atoms with Crippen molar-refractivity contribution in [1.82, 2.24) is 4.57 Å². The van der Waals surface area contributed by atoms with E-state index in [2.05, 4.69) is 0 Å². The largest absolute Gasteiger partial charge is 0.416 e. The Balaban J connectivity index is 0.000000686. The molecule has 0 bridgehead atoms. The van der Waals surface area contributed by atoms with Crippen molar-refractivity contribution in [3.8, 4) is 0 Å². The number of halogens is 3. The molecule has 0 saturated carbocycles. The third-order valence-electron chi connectivity index (χ3n) is 2.44. The molecule has 0 spiro atoms. The van der Waals surface area contributed by atoms with Gasteiger partial charge < -0.3 is 4.57 Å². The molecule has 0 aliphatic rings. The van der Waals surface area contributed by atoms with Crippen LogP contribution in [0.25, 0.3) is 10.9 Å². The molecule has 2 rings (SSSR count). The highest BCUT2D eigenvalue weighted by molar-refractivity contribution is 5.81. The summed E-state index contributed by atoms with van der Waals surface area (Å²) in [5, 5.41) is 0.631. The van der Waals surface area contributed by atoms with Crippen LogP contribution in [-0.4, -0.2) is 4.57 Å². The Labute approximate surface area is 98.9 Å². The van der Waals surface area contributed by atoms with Gasteiger partial charge in [-0.3, -0.25) is 0 Å². The number of aromatic nitrogens is 1. The van der Waals surface area contributed by atoms with Gasteiger partial charge in [-0.05, 0) is 31.2 Å². The smallest absolute Gasteiger partial charge is 0.348 e. The van der Waals surface area contributed by atoms with Crippen LogP contribution in [0.15, 0.2) is 30.5 Å². The third kappa shape index (κ3) is 2.81. The predicted molar refractivity (Wildman–Crippen MR) is 64.0 cm³/mol. The molecular formula is C13H16F3N. The van der Waals surface area contributed by atoms with Crippen LogP contribution in [0.1, 0.15) is 26.3 Å². The lowest BCUT2D eigenvalue weighted by molar-refractivity contribution is -0.137. The molecule has 94 valence electrons. The van der Waals surface area contributed by atoms with E-state index in [9.17, 15) is 13.2 Å². The minimum absolute atomic E-state index is 0.594. The van der Waals surface area contributed by atoms with E-state index in [0.29, 0.717) is 5.39 Å². The van der Waals surface area contributed by atoms with Crippen LogP contribution in [0, 0.1) is 0 Å². The normalized spacial score (nSPS) is 11.2. The van der Waals surface area contributed by atoms with Crippen molar-refractivity contribution < 1.29 is 13.2 Å². The topological polar surface area (TPSA) is 4.93 Å². The lowest BCUT2D eigenvalue weighted by Gasteiger charge is -2.07. The van der Waals surface area contributed by atoms with Gasteiger partial charge in [0.25, 0.3) is 0 Å². The SMILES string of the molecule is CC.CCn1ccc2cc(C(F)(F)F)ccc21. The number of aryl methyl sites for hydroxylation is 1. The Morgan fingerprint density at radius 1 is 1.12 bits per heavy atom. The van der Waals surface area contributed by atoms with Crippen molar-refractivity contribution in [1.29, 1.82) is 0 Å². The summed E-state index contributed by atoms with van der Waals surface area (Å²) in [6, 6.07) is 5.52. The van der Waals surface area contributed by atoms with Crippen LogP contribution in [0.4, 0.5) is 13.2 Å². The number of rotatable bonds is 1. The van der Waals surface area contributed by atoms with Crippen molar-refractivity contribution in [3.63, 3.8) is 0 Å². The fourth-order valence-electron chi connectivity index (χ4n) is 1.65. The van der Waals surface area contributed by atoms with Crippen LogP contribution in [0.5, 0.6) is 0 Å². The van der Waals surface area contributed by atoms with Crippen LogP contribution < -0.4 is 0 Å². The minimum Gasteiger partial charge on any atom is -0.348 e. The second kappa shape index (κ2) is 5.25. The molecule has 0 unspecified atom stereocenters. The van der Waals surface area contributed by atoms with Gasteiger partial charge in [0.1, 0.15) is 0 Å². The summed E-state index contributed by atoms with van der Waals surface area (Å²) in [6.45, 7) is 6.71. The predicted octanol–water partition coefficient (Wildman–Crippen LogP) is 4.71. The number of benzene rings is 1. The summed E-state index contributed by atoms with van der Waals surface area (Å²) in [4.78, 5) is 0. The highest BCUT2D eigenvalue weighted by Gasteiger charge is 2.30. The van der Waals surface area contributed by atoms with Crippen LogP contribution in [-0.2, 0) is 12.7 Å². The van der Waals surface area contributed by atoms with Crippen molar-refractivity contribution in [3.05, 3.63) is 36.0 Å². The molecule has 0 aliphatic carbocycles. The summed E-state index contributed by atoms with van der Waals surface area (Å²) in [6.07, 6.45) is -2.46. The fourth-order valence-corrected chi connectivity index (χ4v) is 1.65. The molecule has 0 atom stereocenters. The number of hydrogen-bond acceptors (Lipinski definition) is 0. The molecule has 0 fully saturated rings. The second-order valence-corrected chi connectivity index (χ2v) is 3.37. The molecular weight excluding hydrogens is 227 g/mol. The van der Waals surface area contributed by atoms with Gasteiger partial charge in [-0.1, -0.05) is 13.8 Å². The molecule has 2 aromatic rings. The van der Waals surface area contributed by atoms with E-state index in [-0.39, 0.29) is 0 Å². The number of nitrogens with zero attached hydrogens (tertiary/aromatic N) is 1. The second-order valence-electron chi connectivity index (χ2n) is 3.37. The van der Waals surface area contributed by atoms with Gasteiger partial charge in [0.05, 0.1) is 5.56 Å². The summed E-state index contributed by atoms with van der Waals surface area (Å²) < 4.78 is 39.1. The molecule has 1 heterocycles. The maximum atomic E-state index is 12.4. The van der Waals surface area contributed by atoms with Gasteiger partial charge >= 0.3 is 6.18 Å². The minimum atomic E-state index is -4.26. The summed E-state index contributed by atoms with van der Waals surface area (Å²) in [5.74, 6) is 0. The molecule has 0 aliphatic heterocycles. The zero-order valence-corrected chi connectivity index (χ0v) is 10.2. The summed E-state index contributed by atoms with van der Waals surface area (Å²) in [7, 11) is 0. The summed E-state index contributed by atoms with van der Waals surface area (Å²) >= 11 is 0. The first kappa shape index (κ1) is 13.6. The Morgan fingerprint density at radius 2 is 1.76 bits per heavy atom. The quantitative estimate of drug-likeness (QED) is 0.683. The molecule has 1 nitrogen and oxygen atoms in total. The van der Waals surface area contributed by atoms with Crippen LogP contribution >= 0.6 is 0 Å². The molecule has 1 aromatic heterocycles. The van der Waals surface area contributed by atoms with Gasteiger partial charge in [-0.15, -0.1) is 0 Å². The number of hydrogen-bond donors (Lipinski definition) is 0. The molecule has 4 heteroatoms. The zero-order valence-electron chi connectivity index (χ0n) is 10.2. The molecule has 0 N–H and O–H groups in total. The molecule has 0 radical (unpaired) electrons. The van der Waals surface area contributed by atoms with Crippen molar-refractivity contribution in [2.75, 3.05) is 0 Å². The number of fused-ring (bicyclic) bond motifs is 1. The molecule has 1 aromatic carbocycles. The highest BCUT2D eigenvalue weighted by atomic mass is 19.4. The first-order valence-electron chi connectivity index (χ1n) is 5.68. The first-order chi connectivity index (χ1) is 8.02. The van der Waals surface area contributed by atoms with E-state index in [1.165, 1.54) is 12.1 Å². The Kier molecular flexibility index (Phi) is 4.21. The van der Waals surface area contributed by atoms with Gasteiger partial charge in [0.2, 0.25) is 0 Å². The maximum absolute atomic E-state index is 12.4. The van der Waals surface area contributed by atoms with Crippen molar-refractivity contribution in [2.24, 2.45) is 0 Å². The lowest BCUT2D eigenvalue weighted by atomic mass is 10.1. The maximum Gasteiger partial charge on any atom is 0.416 e. The standard InChI is InChI=1S/C11H10F3N.C2H6/c1-2-15-6-5-8-7-9(11(12,13)14)3-4-10(8)15;1-2/h3-7H,2H2,1H3;1-2H3. The molecule has 0 saturated heterocycles. The van der Waals surface area contributed by atoms with E-state index in [0.717, 1.165) is 18.1 Å². The number of alkyl halides is 3. The highest BCUT2D eigenvalue weighted by Crippen LogP contribution is 2.31. The average Bonchev–Trinajstić information content (AvgIpc) is 2.72. The molecule has 17 heavy (non-hydrogen) atoms. The van der Waals surface area contributed by atoms with Gasteiger partial charge in [-0.2, -0.15) is 13.2 Å². The first-order valence-corrected chi connectivity index (χ1v) is 5.68. The molecule has 0 amide bonds. The van der Waals surface area contributed by atoms with Crippen LogP contribution in [0.3, 0.4) is 0 Å². The van der Waals surface area contributed by atoms with Crippen molar-refractivity contribution in [2.45, 2.75) is 33.5 Å². The zero-order chi connectivity index (χ0) is 13.1. The Morgan fingerprint density at radius 3 is 2.29 bits per heavy atom. The monoisotopic (exact) mass is 243 g/mol. The van der Waals surface area contributed by atoms with Gasteiger partial charge in [-0.25, -0.2) is 0 Å². The van der Waals surface area contributed by atoms with E-state index in [1.807, 2.05) is 25.3 Å². The van der Waals surface area contributed by atoms with E-state index < -0.39 is 11.7 Å². The third-order valence-corrected chi connectivity index (χ3v) is 2.44. The van der Waals surface area contributed by atoms with Crippen LogP contribution in [0.2, 0.25) is 0 Å². The summed E-state index contributed by atoms with van der Waals surface area (Å²) in [5.41, 5.74) is 0.245. The Hall–Kier alpha value is -1.45.